The second kappa shape index (κ2) is 20.9. The summed E-state index contributed by atoms with van der Waals surface area (Å²) < 4.78 is 18.4. The molecule has 0 heterocycles. The van der Waals surface area contributed by atoms with Crippen molar-refractivity contribution in [1.82, 2.24) is 0 Å². The third-order valence-corrected chi connectivity index (χ3v) is 6.39. The van der Waals surface area contributed by atoms with E-state index in [1.54, 1.807) is 7.11 Å². The van der Waals surface area contributed by atoms with Crippen LogP contribution in [0.15, 0.2) is 18.2 Å². The van der Waals surface area contributed by atoms with Gasteiger partial charge in [0.15, 0.2) is 11.5 Å². The van der Waals surface area contributed by atoms with Gasteiger partial charge in [-0.25, -0.2) is 0 Å². The zero-order chi connectivity index (χ0) is 26.6. The first kappa shape index (κ1) is 33.8. The molecule has 0 N–H and O–H groups in total. The van der Waals surface area contributed by atoms with Crippen molar-refractivity contribution in [3.05, 3.63) is 23.8 Å². The van der Waals surface area contributed by atoms with Gasteiger partial charge in [-0.2, -0.15) is 0 Å². The molecule has 1 aromatic carbocycles. The Labute approximate surface area is 219 Å². The lowest BCUT2D eigenvalue weighted by Crippen LogP contribution is -2.36. The molecule has 3 nitrogen and oxygen atoms in total. The highest BCUT2D eigenvalue weighted by Gasteiger charge is 2.34. The average Bonchev–Trinajstić information content (AvgIpc) is 2.86. The molecule has 0 spiro atoms. The van der Waals surface area contributed by atoms with E-state index in [2.05, 4.69) is 60.6 Å². The Morgan fingerprint density at radius 2 is 1.43 bits per heavy atom. The van der Waals surface area contributed by atoms with Gasteiger partial charge in [0.25, 0.3) is 0 Å². The Hall–Kier alpha value is -1.22. The topological polar surface area (TPSA) is 27.7 Å². The average molecular weight is 493 g/mol. The summed E-state index contributed by atoms with van der Waals surface area (Å²) in [5.74, 6) is 3.96. The minimum atomic E-state index is -0.198. The molecule has 0 saturated heterocycles. The largest absolute Gasteiger partial charge is 0.493 e. The molecule has 2 saturated carbocycles. The summed E-state index contributed by atoms with van der Waals surface area (Å²) in [5, 5.41) is 0. The minimum absolute atomic E-state index is 0.198. The molecular weight excluding hydrogens is 432 g/mol. The fourth-order valence-electron chi connectivity index (χ4n) is 4.86. The van der Waals surface area contributed by atoms with Crippen molar-refractivity contribution >= 4 is 0 Å². The van der Waals surface area contributed by atoms with Gasteiger partial charge in [0.2, 0.25) is 6.29 Å². The van der Waals surface area contributed by atoms with Crippen LogP contribution in [0.25, 0.3) is 0 Å². The van der Waals surface area contributed by atoms with Crippen molar-refractivity contribution in [1.29, 1.82) is 0 Å². The molecule has 206 valence electrons. The molecule has 4 atom stereocenters. The number of benzene rings is 1. The third kappa shape index (κ3) is 13.6. The van der Waals surface area contributed by atoms with Gasteiger partial charge < -0.3 is 14.2 Å². The van der Waals surface area contributed by atoms with Crippen LogP contribution in [-0.4, -0.2) is 19.5 Å². The van der Waals surface area contributed by atoms with Gasteiger partial charge in [-0.15, -0.1) is 0 Å². The van der Waals surface area contributed by atoms with Crippen LogP contribution in [0.2, 0.25) is 0 Å². The molecule has 2 fully saturated rings. The van der Waals surface area contributed by atoms with E-state index in [1.165, 1.54) is 63.4 Å². The zero-order valence-corrected chi connectivity index (χ0v) is 25.1. The SMILES string of the molecule is CC.CCC.CCC.CCc1ccc(OC(CC(C)C)OC2CCC3CCCCC3C2)c(OC)c1. The maximum Gasteiger partial charge on any atom is 0.200 e. The van der Waals surface area contributed by atoms with Crippen LogP contribution >= 0.6 is 0 Å². The van der Waals surface area contributed by atoms with E-state index >= 15 is 0 Å². The zero-order valence-electron chi connectivity index (χ0n) is 25.1. The van der Waals surface area contributed by atoms with E-state index in [0.29, 0.717) is 12.0 Å². The molecule has 0 aliphatic heterocycles. The van der Waals surface area contributed by atoms with Crippen molar-refractivity contribution in [2.75, 3.05) is 7.11 Å². The number of hydrogen-bond donors (Lipinski definition) is 0. The summed E-state index contributed by atoms with van der Waals surface area (Å²) in [5.41, 5.74) is 1.26. The number of aryl methyl sites for hydroxylation is 1. The molecule has 0 bridgehead atoms. The molecule has 2 aliphatic carbocycles. The van der Waals surface area contributed by atoms with Crippen LogP contribution in [0.5, 0.6) is 11.5 Å². The number of methoxy groups -OCH3 is 1. The highest BCUT2D eigenvalue weighted by molar-refractivity contribution is 5.43. The summed E-state index contributed by atoms with van der Waals surface area (Å²) in [4.78, 5) is 0. The van der Waals surface area contributed by atoms with Crippen LogP contribution in [0, 0.1) is 17.8 Å². The molecule has 35 heavy (non-hydrogen) atoms. The minimum Gasteiger partial charge on any atom is -0.493 e. The predicted molar refractivity (Wildman–Crippen MR) is 154 cm³/mol. The van der Waals surface area contributed by atoms with Gasteiger partial charge in [0.1, 0.15) is 0 Å². The van der Waals surface area contributed by atoms with Gasteiger partial charge in [0, 0.05) is 6.42 Å². The van der Waals surface area contributed by atoms with E-state index in [0.717, 1.165) is 36.2 Å². The standard InChI is InChI=1S/C24H38O3.2C3H8.C2H6/c1-5-18-10-13-22(23(15-18)25-4)27-24(14-17(2)3)26-21-12-11-19-8-6-7-9-20(19)16-21;2*1-3-2;1-2/h10,13,15,17,19-21,24H,5-9,11-12,14,16H2,1-4H3;2*3H2,1-2H3;1-2H3. The molecule has 0 amide bonds. The monoisotopic (exact) mass is 492 g/mol. The Morgan fingerprint density at radius 3 is 1.97 bits per heavy atom. The molecule has 2 aliphatic rings. The van der Waals surface area contributed by atoms with E-state index < -0.39 is 0 Å². The van der Waals surface area contributed by atoms with Gasteiger partial charge in [-0.3, -0.25) is 0 Å². The molecular formula is C32H60O3. The lowest BCUT2D eigenvalue weighted by Gasteiger charge is -2.40. The maximum absolute atomic E-state index is 6.53. The number of fused-ring (bicyclic) bond motifs is 1. The van der Waals surface area contributed by atoms with Crippen LogP contribution < -0.4 is 9.47 Å². The fourth-order valence-corrected chi connectivity index (χ4v) is 4.86. The van der Waals surface area contributed by atoms with E-state index in [4.69, 9.17) is 14.2 Å². The van der Waals surface area contributed by atoms with E-state index in [-0.39, 0.29) is 6.29 Å². The van der Waals surface area contributed by atoms with E-state index in [1.807, 2.05) is 19.9 Å². The van der Waals surface area contributed by atoms with Crippen molar-refractivity contribution in [2.45, 2.75) is 145 Å². The molecule has 4 unspecified atom stereocenters. The van der Waals surface area contributed by atoms with Gasteiger partial charge in [-0.1, -0.05) is 107 Å². The molecule has 1 aromatic rings. The summed E-state index contributed by atoms with van der Waals surface area (Å²) >= 11 is 0. The first-order chi connectivity index (χ1) is 16.9. The van der Waals surface area contributed by atoms with Crippen molar-refractivity contribution < 1.29 is 14.2 Å². The van der Waals surface area contributed by atoms with Crippen LogP contribution in [0.3, 0.4) is 0 Å². The van der Waals surface area contributed by atoms with Crippen molar-refractivity contribution in [3.63, 3.8) is 0 Å². The quantitative estimate of drug-likeness (QED) is 0.338. The molecule has 3 heteroatoms. The van der Waals surface area contributed by atoms with Crippen molar-refractivity contribution in [3.8, 4) is 11.5 Å². The lowest BCUT2D eigenvalue weighted by atomic mass is 9.70. The van der Waals surface area contributed by atoms with Crippen LogP contribution in [0.1, 0.15) is 132 Å². The molecule has 3 rings (SSSR count). The Morgan fingerprint density at radius 1 is 0.829 bits per heavy atom. The van der Waals surface area contributed by atoms with Crippen LogP contribution in [-0.2, 0) is 11.2 Å². The Kier molecular flexibility index (Phi) is 20.2. The summed E-state index contributed by atoms with van der Waals surface area (Å²) in [6, 6.07) is 6.24. The fraction of sp³-hybridized carbons (Fsp3) is 0.812. The Balaban J connectivity index is 0.00000129. The number of ether oxygens (including phenoxy) is 3. The van der Waals surface area contributed by atoms with E-state index in [9.17, 15) is 0 Å². The number of hydrogen-bond acceptors (Lipinski definition) is 3. The summed E-state index contributed by atoms with van der Waals surface area (Å²) in [7, 11) is 1.71. The second-order valence-electron chi connectivity index (χ2n) is 10.3. The van der Waals surface area contributed by atoms with Gasteiger partial charge in [-0.05, 0) is 61.1 Å². The van der Waals surface area contributed by atoms with Crippen LogP contribution in [0.4, 0.5) is 0 Å². The Bertz CT molecular complexity index is 611. The van der Waals surface area contributed by atoms with Crippen molar-refractivity contribution in [2.24, 2.45) is 17.8 Å². The number of rotatable bonds is 8. The first-order valence-electron chi connectivity index (χ1n) is 14.9. The third-order valence-electron chi connectivity index (χ3n) is 6.39. The first-order valence-corrected chi connectivity index (χ1v) is 14.9. The maximum atomic E-state index is 6.53. The molecule has 0 radical (unpaired) electrons. The highest BCUT2D eigenvalue weighted by atomic mass is 16.7. The highest BCUT2D eigenvalue weighted by Crippen LogP contribution is 2.42. The normalized spacial score (nSPS) is 21.6. The van der Waals surface area contributed by atoms with Gasteiger partial charge >= 0.3 is 0 Å². The summed E-state index contributed by atoms with van der Waals surface area (Å²) in [6.07, 6.45) is 13.9. The predicted octanol–water partition coefficient (Wildman–Crippen LogP) is 10.2. The molecule has 0 aromatic heterocycles. The lowest BCUT2D eigenvalue weighted by molar-refractivity contribution is -0.147. The van der Waals surface area contributed by atoms with Gasteiger partial charge in [0.05, 0.1) is 13.2 Å². The smallest absolute Gasteiger partial charge is 0.200 e. The second-order valence-corrected chi connectivity index (χ2v) is 10.3. The summed E-state index contributed by atoms with van der Waals surface area (Å²) in [6.45, 7) is 19.1.